The molecule has 0 aromatic carbocycles. The minimum atomic E-state index is -0.435. The summed E-state index contributed by atoms with van der Waals surface area (Å²) in [5, 5.41) is 4.83. The van der Waals surface area contributed by atoms with Crippen LogP contribution in [0.3, 0.4) is 0 Å². The Balaban J connectivity index is 2.39. The van der Waals surface area contributed by atoms with E-state index in [2.05, 4.69) is 24.5 Å². The molecule has 1 fully saturated rings. The average molecular weight is 256 g/mol. The quantitative estimate of drug-likeness (QED) is 0.657. The van der Waals surface area contributed by atoms with Gasteiger partial charge in [-0.3, -0.25) is 15.0 Å². The van der Waals surface area contributed by atoms with E-state index in [4.69, 9.17) is 5.73 Å². The van der Waals surface area contributed by atoms with E-state index in [9.17, 15) is 9.59 Å². The van der Waals surface area contributed by atoms with Gasteiger partial charge in [0.2, 0.25) is 5.91 Å². The van der Waals surface area contributed by atoms with E-state index in [1.807, 2.05) is 4.90 Å². The number of urea groups is 1. The van der Waals surface area contributed by atoms with Crippen LogP contribution < -0.4 is 16.4 Å². The molecule has 6 nitrogen and oxygen atoms in total. The molecule has 0 radical (unpaired) electrons. The van der Waals surface area contributed by atoms with Gasteiger partial charge in [-0.25, -0.2) is 4.79 Å². The van der Waals surface area contributed by atoms with Crippen molar-refractivity contribution in [2.45, 2.75) is 33.2 Å². The van der Waals surface area contributed by atoms with Crippen molar-refractivity contribution in [2.24, 2.45) is 11.1 Å². The van der Waals surface area contributed by atoms with Crippen LogP contribution in [0.4, 0.5) is 4.79 Å². The van der Waals surface area contributed by atoms with Crippen molar-refractivity contribution < 1.29 is 9.59 Å². The highest BCUT2D eigenvalue weighted by Gasteiger charge is 2.33. The summed E-state index contributed by atoms with van der Waals surface area (Å²) in [5.41, 5.74) is 6.04. The Morgan fingerprint density at radius 1 is 1.44 bits per heavy atom. The molecule has 0 spiro atoms. The number of hydrogen-bond donors (Lipinski definition) is 3. The monoisotopic (exact) mass is 256 g/mol. The molecule has 1 rings (SSSR count). The fraction of sp³-hybridized carbons (Fsp3) is 0.833. The number of likely N-dealkylation sites (tertiary alicyclic amines) is 1. The molecule has 1 heterocycles. The third kappa shape index (κ3) is 4.27. The van der Waals surface area contributed by atoms with Gasteiger partial charge in [0.05, 0.1) is 6.54 Å². The molecular weight excluding hydrogens is 232 g/mol. The van der Waals surface area contributed by atoms with Crippen LogP contribution >= 0.6 is 0 Å². The summed E-state index contributed by atoms with van der Waals surface area (Å²) >= 11 is 0. The molecule has 1 aliphatic heterocycles. The van der Waals surface area contributed by atoms with Crippen LogP contribution in [0.15, 0.2) is 0 Å². The second kappa shape index (κ2) is 6.15. The lowest BCUT2D eigenvalue weighted by Crippen LogP contribution is -2.54. The Bertz CT molecular complexity index is 317. The molecular formula is C12H24N4O2. The number of piperidine rings is 1. The van der Waals surface area contributed by atoms with Gasteiger partial charge in [-0.1, -0.05) is 13.8 Å². The normalized spacial score (nSPS) is 23.4. The number of carbonyl (C=O) groups excluding carboxylic acids is 2. The summed E-state index contributed by atoms with van der Waals surface area (Å²) in [6.07, 6.45) is 0.876. The fourth-order valence-electron chi connectivity index (χ4n) is 2.19. The largest absolute Gasteiger partial charge is 0.338 e. The van der Waals surface area contributed by atoms with E-state index in [-0.39, 0.29) is 23.9 Å². The fourth-order valence-corrected chi connectivity index (χ4v) is 2.19. The maximum atomic E-state index is 11.6. The Kier molecular flexibility index (Phi) is 5.10. The molecule has 1 unspecified atom stereocenters. The number of imide groups is 1. The van der Waals surface area contributed by atoms with Gasteiger partial charge in [0.1, 0.15) is 0 Å². The molecule has 6 heteroatoms. The number of nitrogens with zero attached hydrogens (tertiary/aromatic N) is 1. The van der Waals surface area contributed by atoms with Gasteiger partial charge in [0.25, 0.3) is 0 Å². The van der Waals surface area contributed by atoms with Crippen molar-refractivity contribution in [3.05, 3.63) is 0 Å². The lowest BCUT2D eigenvalue weighted by atomic mass is 9.80. The summed E-state index contributed by atoms with van der Waals surface area (Å²) in [6, 6.07) is -0.268. The van der Waals surface area contributed by atoms with Crippen LogP contribution in [0.2, 0.25) is 0 Å². The van der Waals surface area contributed by atoms with E-state index in [0.29, 0.717) is 6.54 Å². The molecule has 104 valence electrons. The van der Waals surface area contributed by atoms with Gasteiger partial charge in [-0.05, 0) is 18.8 Å². The maximum Gasteiger partial charge on any atom is 0.321 e. The van der Waals surface area contributed by atoms with Crippen molar-refractivity contribution in [3.8, 4) is 0 Å². The second-order valence-corrected chi connectivity index (χ2v) is 5.50. The molecule has 1 atom stereocenters. The van der Waals surface area contributed by atoms with Gasteiger partial charge < -0.3 is 11.1 Å². The van der Waals surface area contributed by atoms with E-state index >= 15 is 0 Å². The van der Waals surface area contributed by atoms with Crippen molar-refractivity contribution in [1.29, 1.82) is 0 Å². The minimum Gasteiger partial charge on any atom is -0.338 e. The number of amides is 3. The zero-order valence-corrected chi connectivity index (χ0v) is 11.5. The third-order valence-corrected chi connectivity index (χ3v) is 3.35. The Hall–Kier alpha value is -1.14. The number of hydrogen-bond acceptors (Lipinski definition) is 4. The highest BCUT2D eigenvalue weighted by molar-refractivity contribution is 5.95. The highest BCUT2D eigenvalue weighted by Crippen LogP contribution is 2.27. The predicted octanol–water partition coefficient (Wildman–Crippen LogP) is -0.109. The molecule has 0 aromatic rings. The van der Waals surface area contributed by atoms with Gasteiger partial charge in [-0.15, -0.1) is 0 Å². The first-order chi connectivity index (χ1) is 8.35. The smallest absolute Gasteiger partial charge is 0.321 e. The van der Waals surface area contributed by atoms with Crippen molar-refractivity contribution in [1.82, 2.24) is 15.5 Å². The number of nitrogens with two attached hydrogens (primary N) is 1. The maximum absolute atomic E-state index is 11.6. The lowest BCUT2D eigenvalue weighted by Gasteiger charge is -2.42. The van der Waals surface area contributed by atoms with Gasteiger partial charge in [0.15, 0.2) is 0 Å². The third-order valence-electron chi connectivity index (χ3n) is 3.35. The molecule has 1 aliphatic rings. The first-order valence-corrected chi connectivity index (χ1v) is 6.40. The summed E-state index contributed by atoms with van der Waals surface area (Å²) < 4.78 is 0. The molecule has 4 N–H and O–H groups in total. The Morgan fingerprint density at radius 2 is 2.11 bits per heavy atom. The minimum absolute atomic E-state index is 0.00417. The Morgan fingerprint density at radius 3 is 2.67 bits per heavy atom. The topological polar surface area (TPSA) is 87.5 Å². The number of rotatable bonds is 3. The summed E-state index contributed by atoms with van der Waals surface area (Å²) in [4.78, 5) is 24.9. The molecule has 3 amide bonds. The Labute approximate surface area is 108 Å². The first kappa shape index (κ1) is 14.9. The van der Waals surface area contributed by atoms with E-state index < -0.39 is 6.03 Å². The molecule has 0 aromatic heterocycles. The zero-order chi connectivity index (χ0) is 13.8. The van der Waals surface area contributed by atoms with E-state index in [1.165, 1.54) is 0 Å². The highest BCUT2D eigenvalue weighted by atomic mass is 16.2. The van der Waals surface area contributed by atoms with Gasteiger partial charge >= 0.3 is 6.03 Å². The zero-order valence-electron chi connectivity index (χ0n) is 11.5. The first-order valence-electron chi connectivity index (χ1n) is 6.40. The standard InChI is InChI=1S/C12H24N4O2/c1-4-14-11(18)15-10(17)7-16-6-5-9(13)12(2,3)8-16/h9H,4-8,13H2,1-3H3,(H2,14,15,17,18). The number of nitrogens with one attached hydrogen (secondary N) is 2. The SMILES string of the molecule is CCNC(=O)NC(=O)CN1CCC(N)C(C)(C)C1. The molecule has 18 heavy (non-hydrogen) atoms. The van der Waals surface area contributed by atoms with Gasteiger partial charge in [-0.2, -0.15) is 0 Å². The summed E-state index contributed by atoms with van der Waals surface area (Å²) in [5.74, 6) is -0.271. The van der Waals surface area contributed by atoms with Crippen LogP contribution in [0.1, 0.15) is 27.2 Å². The van der Waals surface area contributed by atoms with Crippen molar-refractivity contribution in [3.63, 3.8) is 0 Å². The summed E-state index contributed by atoms with van der Waals surface area (Å²) in [6.45, 7) is 8.33. The van der Waals surface area contributed by atoms with E-state index in [1.54, 1.807) is 6.92 Å². The van der Waals surface area contributed by atoms with Crippen LogP contribution in [0, 0.1) is 5.41 Å². The molecule has 0 aliphatic carbocycles. The molecule has 0 bridgehead atoms. The lowest BCUT2D eigenvalue weighted by molar-refractivity contribution is -0.122. The molecule has 1 saturated heterocycles. The second-order valence-electron chi connectivity index (χ2n) is 5.50. The van der Waals surface area contributed by atoms with Crippen LogP contribution in [-0.4, -0.2) is 49.1 Å². The predicted molar refractivity (Wildman–Crippen MR) is 70.0 cm³/mol. The summed E-state index contributed by atoms with van der Waals surface area (Å²) in [7, 11) is 0. The van der Waals surface area contributed by atoms with E-state index in [0.717, 1.165) is 19.5 Å². The van der Waals surface area contributed by atoms with Crippen LogP contribution in [0.25, 0.3) is 0 Å². The number of carbonyl (C=O) groups is 2. The van der Waals surface area contributed by atoms with Crippen LogP contribution in [-0.2, 0) is 4.79 Å². The van der Waals surface area contributed by atoms with Crippen LogP contribution in [0.5, 0.6) is 0 Å². The average Bonchev–Trinajstić information content (AvgIpc) is 2.23. The van der Waals surface area contributed by atoms with Gasteiger partial charge in [0, 0.05) is 25.7 Å². The molecule has 0 saturated carbocycles. The van der Waals surface area contributed by atoms with Crippen molar-refractivity contribution in [2.75, 3.05) is 26.2 Å². The van der Waals surface area contributed by atoms with Crippen molar-refractivity contribution >= 4 is 11.9 Å².